The number of aliphatic hydroxyl groups is 2. The summed E-state index contributed by atoms with van der Waals surface area (Å²) in [6.07, 6.45) is 4.55. The highest BCUT2D eigenvalue weighted by atomic mass is 32.2. The minimum atomic E-state index is -3.53. The second-order valence-electron chi connectivity index (χ2n) is 7.38. The molecule has 11 heteroatoms. The SMILES string of the molecule is CC1CCc2c1nc1c(c2NC(=O)N=S(N)(=O)c2cnc(C(O)CO)s2)CCC1. The highest BCUT2D eigenvalue weighted by molar-refractivity contribution is 7.93. The van der Waals surface area contributed by atoms with Crippen molar-refractivity contribution in [2.24, 2.45) is 9.50 Å². The lowest BCUT2D eigenvalue weighted by Gasteiger charge is -2.15. The molecule has 0 bridgehead atoms. The van der Waals surface area contributed by atoms with E-state index >= 15 is 0 Å². The molecule has 2 amide bonds. The lowest BCUT2D eigenvalue weighted by atomic mass is 10.0. The molecule has 2 aliphatic carbocycles. The molecule has 5 N–H and O–H groups in total. The second kappa shape index (κ2) is 7.73. The van der Waals surface area contributed by atoms with Gasteiger partial charge in [-0.1, -0.05) is 6.92 Å². The number of pyridine rings is 1. The van der Waals surface area contributed by atoms with Gasteiger partial charge in [0.05, 0.1) is 18.5 Å². The molecule has 0 fully saturated rings. The zero-order chi connectivity index (χ0) is 20.8. The van der Waals surface area contributed by atoms with Crippen LogP contribution >= 0.6 is 11.3 Å². The van der Waals surface area contributed by atoms with Crippen molar-refractivity contribution < 1.29 is 19.2 Å². The highest BCUT2D eigenvalue weighted by Crippen LogP contribution is 2.41. The molecule has 2 aromatic rings. The summed E-state index contributed by atoms with van der Waals surface area (Å²) in [5, 5.41) is 27.4. The van der Waals surface area contributed by atoms with E-state index in [0.29, 0.717) is 5.92 Å². The van der Waals surface area contributed by atoms with Crippen LogP contribution in [0.4, 0.5) is 10.5 Å². The van der Waals surface area contributed by atoms with E-state index in [1.54, 1.807) is 0 Å². The number of aliphatic hydroxyl groups excluding tert-OH is 2. The predicted molar refractivity (Wildman–Crippen MR) is 109 cm³/mol. The van der Waals surface area contributed by atoms with Crippen LogP contribution in [-0.2, 0) is 29.2 Å². The smallest absolute Gasteiger partial charge is 0.354 e. The number of nitrogens with one attached hydrogen (secondary N) is 1. The topological polar surface area (TPSA) is 151 Å². The van der Waals surface area contributed by atoms with Crippen LogP contribution in [0.15, 0.2) is 14.8 Å². The van der Waals surface area contributed by atoms with E-state index in [0.717, 1.165) is 71.6 Å². The molecule has 156 valence electrons. The van der Waals surface area contributed by atoms with Gasteiger partial charge in [0.25, 0.3) is 0 Å². The van der Waals surface area contributed by atoms with E-state index in [1.165, 1.54) is 6.20 Å². The number of aromatic nitrogens is 2. The zero-order valence-electron chi connectivity index (χ0n) is 15.9. The van der Waals surface area contributed by atoms with Gasteiger partial charge in [0.15, 0.2) is 9.92 Å². The molecule has 0 aliphatic heterocycles. The number of urea groups is 1. The number of fused-ring (bicyclic) bond motifs is 2. The lowest BCUT2D eigenvalue weighted by Crippen LogP contribution is -2.18. The van der Waals surface area contributed by atoms with Crippen LogP contribution in [0.25, 0.3) is 0 Å². The molecule has 2 heterocycles. The van der Waals surface area contributed by atoms with Crippen molar-refractivity contribution in [3.63, 3.8) is 0 Å². The maximum atomic E-state index is 12.8. The first-order chi connectivity index (χ1) is 13.8. The summed E-state index contributed by atoms with van der Waals surface area (Å²) in [6.45, 7) is 1.61. The van der Waals surface area contributed by atoms with Crippen molar-refractivity contribution in [2.75, 3.05) is 11.9 Å². The molecule has 0 aromatic carbocycles. The number of hydrogen-bond acceptors (Lipinski definition) is 7. The first-order valence-electron chi connectivity index (χ1n) is 9.45. The Bertz CT molecular complexity index is 1090. The quantitative estimate of drug-likeness (QED) is 0.574. The Balaban J connectivity index is 1.64. The maximum absolute atomic E-state index is 12.8. The van der Waals surface area contributed by atoms with Crippen molar-refractivity contribution in [2.45, 2.75) is 55.3 Å². The van der Waals surface area contributed by atoms with Crippen LogP contribution in [0, 0.1) is 0 Å². The van der Waals surface area contributed by atoms with Crippen LogP contribution in [0.3, 0.4) is 0 Å². The van der Waals surface area contributed by atoms with Crippen molar-refractivity contribution in [1.82, 2.24) is 9.97 Å². The number of nitrogens with zero attached hydrogens (tertiary/aromatic N) is 3. The highest BCUT2D eigenvalue weighted by Gasteiger charge is 2.30. The molecule has 9 nitrogen and oxygen atoms in total. The van der Waals surface area contributed by atoms with Crippen LogP contribution in [0.5, 0.6) is 0 Å². The molecule has 3 unspecified atom stereocenters. The van der Waals surface area contributed by atoms with Gasteiger partial charge in [0.1, 0.15) is 15.3 Å². The predicted octanol–water partition coefficient (Wildman–Crippen LogP) is 2.03. The molecule has 2 aromatic heterocycles. The number of nitrogens with two attached hydrogens (primary N) is 1. The fourth-order valence-corrected chi connectivity index (χ4v) is 5.95. The number of anilines is 1. The Hall–Kier alpha value is -1.92. The molecule has 0 saturated heterocycles. The van der Waals surface area contributed by atoms with Crippen LogP contribution in [-0.4, -0.2) is 37.0 Å². The van der Waals surface area contributed by atoms with Crippen molar-refractivity contribution in [3.8, 4) is 0 Å². The van der Waals surface area contributed by atoms with Gasteiger partial charge in [-0.25, -0.2) is 19.1 Å². The van der Waals surface area contributed by atoms with Gasteiger partial charge in [-0.2, -0.15) is 0 Å². The van der Waals surface area contributed by atoms with Gasteiger partial charge in [-0.05, 0) is 49.1 Å². The van der Waals surface area contributed by atoms with Crippen molar-refractivity contribution >= 4 is 33.0 Å². The summed E-state index contributed by atoms with van der Waals surface area (Å²) in [4.78, 5) is 21.3. The van der Waals surface area contributed by atoms with Crippen molar-refractivity contribution in [1.29, 1.82) is 0 Å². The van der Waals surface area contributed by atoms with E-state index < -0.39 is 28.7 Å². The van der Waals surface area contributed by atoms with Gasteiger partial charge < -0.3 is 15.5 Å². The van der Waals surface area contributed by atoms with Gasteiger partial charge in [0.2, 0.25) is 0 Å². The Labute approximate surface area is 172 Å². The molecule has 4 rings (SSSR count). The normalized spacial score (nSPS) is 20.6. The number of aryl methyl sites for hydroxylation is 1. The Morgan fingerprint density at radius 2 is 2.24 bits per heavy atom. The van der Waals surface area contributed by atoms with Gasteiger partial charge in [-0.15, -0.1) is 15.7 Å². The van der Waals surface area contributed by atoms with E-state index in [1.807, 2.05) is 0 Å². The fraction of sp³-hybridized carbons (Fsp3) is 0.500. The van der Waals surface area contributed by atoms with E-state index in [2.05, 4.69) is 21.6 Å². The van der Waals surface area contributed by atoms with Gasteiger partial charge >= 0.3 is 6.03 Å². The van der Waals surface area contributed by atoms with Crippen LogP contribution in [0.2, 0.25) is 0 Å². The summed E-state index contributed by atoms with van der Waals surface area (Å²) >= 11 is 0.856. The number of thiazole rings is 1. The van der Waals surface area contributed by atoms with Crippen LogP contribution in [0.1, 0.15) is 59.3 Å². The third kappa shape index (κ3) is 3.80. The second-order valence-corrected chi connectivity index (χ2v) is 10.5. The van der Waals surface area contributed by atoms with Gasteiger partial charge in [0, 0.05) is 11.4 Å². The summed E-state index contributed by atoms with van der Waals surface area (Å²) in [6, 6.07) is -0.780. The molecule has 2 aliphatic rings. The lowest BCUT2D eigenvalue weighted by molar-refractivity contribution is 0.0954. The number of rotatable bonds is 4. The number of hydrogen-bond donors (Lipinski definition) is 4. The summed E-state index contributed by atoms with van der Waals surface area (Å²) in [7, 11) is -3.53. The first-order valence-corrected chi connectivity index (χ1v) is 11.8. The standard InChI is InChI=1S/C18H23N5O4S2/c1-9-5-6-11-15(9)21-12-4-2-3-10(12)16(11)22-18(26)23-29(19,27)14-7-20-17(28-14)13(25)8-24/h7,9,13,24-25H,2-6,8H2,1H3,(H3,19,21,22,23,26,27). The Morgan fingerprint density at radius 3 is 3.00 bits per heavy atom. The summed E-state index contributed by atoms with van der Waals surface area (Å²) in [5.74, 6) is 0.343. The van der Waals surface area contributed by atoms with E-state index in [9.17, 15) is 14.1 Å². The zero-order valence-corrected chi connectivity index (χ0v) is 17.6. The first kappa shape index (κ1) is 20.4. The minimum absolute atomic E-state index is 0.0639. The van der Waals surface area contributed by atoms with Crippen LogP contribution < -0.4 is 10.5 Å². The Kier molecular flexibility index (Phi) is 5.42. The third-order valence-corrected chi connectivity index (χ3v) is 8.33. The number of carbonyl (C=O) groups excluding carboxylic acids is 1. The third-order valence-electron chi connectivity index (χ3n) is 5.35. The molecule has 0 spiro atoms. The number of amides is 2. The van der Waals surface area contributed by atoms with E-state index in [4.69, 9.17) is 15.2 Å². The molecular formula is C18H23N5O4S2. The summed E-state index contributed by atoms with van der Waals surface area (Å²) in [5.41, 5.74) is 4.87. The summed E-state index contributed by atoms with van der Waals surface area (Å²) < 4.78 is 16.6. The Morgan fingerprint density at radius 1 is 1.45 bits per heavy atom. The van der Waals surface area contributed by atoms with Crippen molar-refractivity contribution in [3.05, 3.63) is 33.7 Å². The number of carbonyl (C=O) groups is 1. The van der Waals surface area contributed by atoms with E-state index in [-0.39, 0.29) is 9.22 Å². The monoisotopic (exact) mass is 437 g/mol. The van der Waals surface area contributed by atoms with Gasteiger partial charge in [-0.3, -0.25) is 4.98 Å². The largest absolute Gasteiger partial charge is 0.393 e. The molecule has 0 saturated carbocycles. The minimum Gasteiger partial charge on any atom is -0.393 e. The maximum Gasteiger partial charge on any atom is 0.354 e. The average molecular weight is 438 g/mol. The average Bonchev–Trinajstić information content (AvgIpc) is 3.41. The molecule has 29 heavy (non-hydrogen) atoms. The molecule has 0 radical (unpaired) electrons. The fourth-order valence-electron chi connectivity index (χ4n) is 3.89. The molecular weight excluding hydrogens is 414 g/mol. The molecule has 3 atom stereocenters.